The summed E-state index contributed by atoms with van der Waals surface area (Å²) in [6.45, 7) is 13.5. The Morgan fingerprint density at radius 2 is 1.00 bits per heavy atom. The normalized spacial score (nSPS) is 20.4. The SMILES string of the molecule is CC.CC1CC(C)C(C)C1C.C[N-][C@H](c1cccc(C(F)(F)F)c1)[C@H]([N-]C)c1cccc(C(F)(F)F)c1.O.O=S(=O)(O)O.[CH3-].[Ir+3]. The van der Waals surface area contributed by atoms with Crippen LogP contribution in [0, 0.1) is 31.1 Å². The van der Waals surface area contributed by atoms with Crippen molar-refractivity contribution in [1.82, 2.24) is 0 Å². The second-order valence-electron chi connectivity index (χ2n) is 10.0. The van der Waals surface area contributed by atoms with Gasteiger partial charge in [0, 0.05) is 0 Å². The number of rotatable bonds is 5. The van der Waals surface area contributed by atoms with E-state index in [4.69, 9.17) is 17.5 Å². The van der Waals surface area contributed by atoms with Gasteiger partial charge in [-0.05, 0) is 42.2 Å². The Hall–Kier alpha value is -1.58. The predicted octanol–water partition coefficient (Wildman–Crippen LogP) is 9.44. The molecule has 3 rings (SSSR count). The maximum Gasteiger partial charge on any atom is 3.00 e. The summed E-state index contributed by atoms with van der Waals surface area (Å²) in [5.74, 6) is 3.85. The van der Waals surface area contributed by atoms with Crippen molar-refractivity contribution in [2.45, 2.75) is 72.4 Å². The number of alkyl halides is 6. The average molecular weight is 854 g/mol. The molecular weight excluding hydrogens is 807 g/mol. The van der Waals surface area contributed by atoms with E-state index >= 15 is 0 Å². The van der Waals surface area contributed by atoms with Gasteiger partial charge in [0.25, 0.3) is 0 Å². The van der Waals surface area contributed by atoms with E-state index in [0.717, 1.165) is 47.9 Å². The van der Waals surface area contributed by atoms with Gasteiger partial charge in [0.2, 0.25) is 0 Å². The van der Waals surface area contributed by atoms with Crippen molar-refractivity contribution in [3.8, 4) is 0 Å². The molecule has 264 valence electrons. The first-order valence-electron chi connectivity index (χ1n) is 13.4. The van der Waals surface area contributed by atoms with Crippen molar-refractivity contribution in [3.63, 3.8) is 0 Å². The predicted molar refractivity (Wildman–Crippen MR) is 164 cm³/mol. The van der Waals surface area contributed by atoms with Gasteiger partial charge in [-0.15, -0.1) is 12.1 Å². The van der Waals surface area contributed by atoms with Gasteiger partial charge in [0.05, 0.1) is 11.1 Å². The first-order valence-corrected chi connectivity index (χ1v) is 14.8. The van der Waals surface area contributed by atoms with Crippen LogP contribution in [0.4, 0.5) is 26.3 Å². The topological polar surface area (TPSA) is 134 Å². The molecule has 1 aliphatic carbocycles. The van der Waals surface area contributed by atoms with Crippen LogP contribution in [0.25, 0.3) is 10.6 Å². The van der Waals surface area contributed by atoms with Crippen molar-refractivity contribution in [2.75, 3.05) is 14.1 Å². The van der Waals surface area contributed by atoms with E-state index in [9.17, 15) is 26.3 Å². The van der Waals surface area contributed by atoms with Gasteiger partial charge in [-0.3, -0.25) is 9.11 Å². The quantitative estimate of drug-likeness (QED) is 0.176. The second kappa shape index (κ2) is 22.1. The van der Waals surface area contributed by atoms with E-state index in [1.54, 1.807) is 0 Å². The molecule has 45 heavy (non-hydrogen) atoms. The van der Waals surface area contributed by atoms with Crippen molar-refractivity contribution in [3.05, 3.63) is 88.8 Å². The van der Waals surface area contributed by atoms with Crippen LogP contribution < -0.4 is 0 Å². The fourth-order valence-corrected chi connectivity index (χ4v) is 4.80. The zero-order valence-electron chi connectivity index (χ0n) is 26.9. The molecule has 6 atom stereocenters. The standard InChI is InChI=1S/C18H16F6N2.C9H18.C2H6.CH3.Ir.H2O4S.H2O/c1-25-15(11-5-3-7-13(9-11)17(19,20)21)16(26-2)12-6-4-8-14(10-12)18(22,23)24;1-6-5-7(2)9(4)8(6)3;1-2;;;1-5(2,3)4;/h3-10,15-16H,1-2H3;6-9H,5H2,1-4H3;1-2H3;1H3;;(H2,1,2,3,4);1H2/q-2;;;-1;+3;;/t15-,16-;;;;;;/m1....../s1. The molecule has 7 nitrogen and oxygen atoms in total. The third-order valence-corrected chi connectivity index (χ3v) is 7.33. The van der Waals surface area contributed by atoms with Gasteiger partial charge < -0.3 is 23.5 Å². The second-order valence-corrected chi connectivity index (χ2v) is 10.9. The Bertz CT molecular complexity index is 1100. The molecule has 2 aromatic carbocycles. The maximum atomic E-state index is 12.9. The summed E-state index contributed by atoms with van der Waals surface area (Å²) in [4.78, 5) is 0. The Balaban J connectivity index is -0.000000368. The number of hydrogen-bond acceptors (Lipinski definition) is 2. The van der Waals surface area contributed by atoms with Crippen LogP contribution in [0.5, 0.6) is 0 Å². The Labute approximate surface area is 278 Å². The summed E-state index contributed by atoms with van der Waals surface area (Å²) in [7, 11) is -1.87. The van der Waals surface area contributed by atoms with Gasteiger partial charge in [-0.1, -0.05) is 89.1 Å². The Morgan fingerprint density at radius 3 is 1.18 bits per heavy atom. The van der Waals surface area contributed by atoms with Gasteiger partial charge in [0.15, 0.2) is 0 Å². The minimum atomic E-state index is -4.67. The molecule has 1 aliphatic rings. The molecule has 15 heteroatoms. The van der Waals surface area contributed by atoms with Crippen LogP contribution in [0.2, 0.25) is 0 Å². The molecule has 0 aliphatic heterocycles. The summed E-state index contributed by atoms with van der Waals surface area (Å²) in [5, 5.41) is 8.16. The van der Waals surface area contributed by atoms with Crippen molar-refractivity contribution < 1.29 is 69.4 Å². The van der Waals surface area contributed by atoms with E-state index in [1.807, 2.05) is 13.8 Å². The Kier molecular flexibility index (Phi) is 24.7. The number of nitrogens with zero attached hydrogens (tertiary/aromatic N) is 2. The van der Waals surface area contributed by atoms with Crippen LogP contribution >= 0.6 is 0 Å². The summed E-state index contributed by atoms with van der Waals surface area (Å²) in [6.07, 6.45) is -7.60. The molecule has 0 aromatic heterocycles. The van der Waals surface area contributed by atoms with Crippen LogP contribution in [-0.2, 0) is 42.9 Å². The summed E-state index contributed by atoms with van der Waals surface area (Å²) in [6, 6.07) is 7.47. The van der Waals surface area contributed by atoms with E-state index in [2.05, 4.69) is 38.3 Å². The molecule has 2 aromatic rings. The van der Waals surface area contributed by atoms with E-state index in [0.29, 0.717) is 0 Å². The van der Waals surface area contributed by atoms with Crippen LogP contribution in [0.3, 0.4) is 0 Å². The fraction of sp³-hybridized carbons (Fsp3) is 0.567. The van der Waals surface area contributed by atoms with Crippen LogP contribution in [-0.4, -0.2) is 37.1 Å². The molecular formula is C30H47F6IrN2O5S. The van der Waals surface area contributed by atoms with E-state index in [-0.39, 0.29) is 44.1 Å². The maximum absolute atomic E-state index is 12.9. The first kappa shape index (κ1) is 50.3. The number of likely N-dealkylation sites (N-methyl/N-ethyl adjacent to an activating group) is 2. The molecule has 0 spiro atoms. The molecule has 0 bridgehead atoms. The summed E-state index contributed by atoms with van der Waals surface area (Å²) >= 11 is 0. The molecule has 4 unspecified atom stereocenters. The molecule has 4 N–H and O–H groups in total. The monoisotopic (exact) mass is 854 g/mol. The van der Waals surface area contributed by atoms with Crippen LogP contribution in [0.1, 0.15) is 82.3 Å². The zero-order chi connectivity index (χ0) is 33.1. The molecule has 0 amide bonds. The summed E-state index contributed by atoms with van der Waals surface area (Å²) in [5.41, 5.74) is -1.23. The first-order chi connectivity index (χ1) is 19.2. The minimum Gasteiger partial charge on any atom is -0.659 e. The van der Waals surface area contributed by atoms with Gasteiger partial charge in [-0.2, -0.15) is 48.9 Å². The minimum absolute atomic E-state index is 0. The van der Waals surface area contributed by atoms with Gasteiger partial charge in [-0.25, -0.2) is 0 Å². The Morgan fingerprint density at radius 1 is 0.733 bits per heavy atom. The average Bonchev–Trinajstić information content (AvgIpc) is 3.11. The van der Waals surface area contributed by atoms with Gasteiger partial charge >= 0.3 is 42.9 Å². The summed E-state index contributed by atoms with van der Waals surface area (Å²) < 4.78 is 109. The van der Waals surface area contributed by atoms with Gasteiger partial charge in [0.1, 0.15) is 0 Å². The van der Waals surface area contributed by atoms with Crippen molar-refractivity contribution in [2.24, 2.45) is 23.7 Å². The third kappa shape index (κ3) is 17.8. The molecule has 1 fully saturated rings. The molecule has 0 radical (unpaired) electrons. The molecule has 0 heterocycles. The number of halogens is 6. The molecule has 0 saturated heterocycles. The van der Waals surface area contributed by atoms with Crippen molar-refractivity contribution >= 4 is 10.4 Å². The van der Waals surface area contributed by atoms with E-state index in [1.165, 1.54) is 44.8 Å². The third-order valence-electron chi connectivity index (χ3n) is 7.33. The largest absolute Gasteiger partial charge is 3.00 e. The smallest absolute Gasteiger partial charge is 0.659 e. The number of hydrogen-bond donors (Lipinski definition) is 2. The molecule has 1 saturated carbocycles. The zero-order valence-corrected chi connectivity index (χ0v) is 30.1. The fourth-order valence-electron chi connectivity index (χ4n) is 4.80. The van der Waals surface area contributed by atoms with Crippen LogP contribution in [0.15, 0.2) is 48.5 Å². The number of benzene rings is 2. The van der Waals surface area contributed by atoms with Crippen molar-refractivity contribution in [1.29, 1.82) is 0 Å². The van der Waals surface area contributed by atoms with E-state index < -0.39 is 46.0 Å².